The first kappa shape index (κ1) is 14.8. The first-order valence-corrected chi connectivity index (χ1v) is 7.35. The average Bonchev–Trinajstić information content (AvgIpc) is 2.24. The predicted molar refractivity (Wildman–Crippen MR) is 69.7 cm³/mol. The summed E-state index contributed by atoms with van der Waals surface area (Å²) in [5.74, 6) is 0.278. The van der Waals surface area contributed by atoms with E-state index in [9.17, 15) is 18.5 Å². The fourth-order valence-corrected chi connectivity index (χ4v) is 2.16. The largest absolute Gasteiger partial charge is 0.369 e. The lowest BCUT2D eigenvalue weighted by Gasteiger charge is -2.06. The highest BCUT2D eigenvalue weighted by Gasteiger charge is 2.10. The minimum Gasteiger partial charge on any atom is -0.369 e. The second kappa shape index (κ2) is 6.07. The van der Waals surface area contributed by atoms with Gasteiger partial charge in [-0.3, -0.25) is 10.1 Å². The molecule has 1 aromatic heterocycles. The van der Waals surface area contributed by atoms with Gasteiger partial charge in [-0.15, -0.1) is 0 Å². The third-order valence-electron chi connectivity index (χ3n) is 1.94. The molecule has 8 nitrogen and oxygen atoms in total. The van der Waals surface area contributed by atoms with Crippen molar-refractivity contribution in [1.82, 2.24) is 4.98 Å². The molecule has 0 aromatic carbocycles. The Hall–Kier alpha value is -1.26. The van der Waals surface area contributed by atoms with E-state index in [0.29, 0.717) is 23.3 Å². The molecule has 18 heavy (non-hydrogen) atoms. The summed E-state index contributed by atoms with van der Waals surface area (Å²) in [5.41, 5.74) is -0.128. The van der Waals surface area contributed by atoms with Crippen LogP contribution in [0.4, 0.5) is 11.5 Å². The van der Waals surface area contributed by atoms with Gasteiger partial charge in [0.15, 0.2) is 0 Å². The molecule has 1 heterocycles. The second-order valence-electron chi connectivity index (χ2n) is 3.43. The molecule has 0 atom stereocenters. The summed E-state index contributed by atoms with van der Waals surface area (Å²) in [5, 5.41) is 18.2. The smallest absolute Gasteiger partial charge is 0.288 e. The van der Waals surface area contributed by atoms with E-state index in [-0.39, 0.29) is 11.4 Å². The SMILES string of the molecule is NS(=O)(=O)CCCNc1ncc([N+](=O)[O-])cc1Br. The van der Waals surface area contributed by atoms with Crippen LogP contribution in [-0.4, -0.2) is 30.6 Å². The molecule has 0 unspecified atom stereocenters. The molecule has 0 aliphatic rings. The van der Waals surface area contributed by atoms with Gasteiger partial charge in [0.25, 0.3) is 5.69 Å². The molecule has 0 radical (unpaired) electrons. The number of pyridine rings is 1. The molecular formula is C8H11BrN4O4S. The lowest BCUT2D eigenvalue weighted by Crippen LogP contribution is -2.18. The van der Waals surface area contributed by atoms with Crippen LogP contribution >= 0.6 is 15.9 Å². The Morgan fingerprint density at radius 2 is 2.22 bits per heavy atom. The van der Waals surface area contributed by atoms with Gasteiger partial charge >= 0.3 is 0 Å². The van der Waals surface area contributed by atoms with E-state index in [1.807, 2.05) is 0 Å². The van der Waals surface area contributed by atoms with E-state index < -0.39 is 14.9 Å². The van der Waals surface area contributed by atoms with Crippen molar-refractivity contribution in [3.63, 3.8) is 0 Å². The average molecular weight is 339 g/mol. The van der Waals surface area contributed by atoms with E-state index in [1.165, 1.54) is 6.07 Å². The van der Waals surface area contributed by atoms with Crippen molar-refractivity contribution in [3.8, 4) is 0 Å². The predicted octanol–water partition coefficient (Wildman–Crippen LogP) is 0.843. The molecule has 0 aliphatic heterocycles. The van der Waals surface area contributed by atoms with Gasteiger partial charge in [-0.2, -0.15) is 0 Å². The van der Waals surface area contributed by atoms with Crippen LogP contribution in [0.3, 0.4) is 0 Å². The number of nitrogens with zero attached hydrogens (tertiary/aromatic N) is 2. The highest BCUT2D eigenvalue weighted by molar-refractivity contribution is 9.10. The molecule has 0 aliphatic carbocycles. The summed E-state index contributed by atoms with van der Waals surface area (Å²) >= 11 is 3.13. The molecule has 3 N–H and O–H groups in total. The lowest BCUT2D eigenvalue weighted by atomic mass is 10.4. The minimum absolute atomic E-state index is 0.128. The van der Waals surface area contributed by atoms with E-state index in [0.717, 1.165) is 6.20 Å². The number of aromatic nitrogens is 1. The van der Waals surface area contributed by atoms with Crippen LogP contribution in [-0.2, 0) is 10.0 Å². The Kier molecular flexibility index (Phi) is 4.99. The van der Waals surface area contributed by atoms with E-state index in [1.54, 1.807) is 0 Å². The molecule has 0 saturated heterocycles. The lowest BCUT2D eigenvalue weighted by molar-refractivity contribution is -0.385. The van der Waals surface area contributed by atoms with Gasteiger partial charge in [-0.1, -0.05) is 0 Å². The van der Waals surface area contributed by atoms with Crippen molar-refractivity contribution < 1.29 is 13.3 Å². The van der Waals surface area contributed by atoms with Crippen LogP contribution in [0.25, 0.3) is 0 Å². The van der Waals surface area contributed by atoms with Crippen molar-refractivity contribution in [2.75, 3.05) is 17.6 Å². The number of hydrogen-bond donors (Lipinski definition) is 2. The summed E-state index contributed by atoms with van der Waals surface area (Å²) in [6.45, 7) is 0.347. The Labute approximate surface area is 112 Å². The first-order chi connectivity index (χ1) is 8.29. The van der Waals surface area contributed by atoms with Crippen LogP contribution in [0.2, 0.25) is 0 Å². The van der Waals surface area contributed by atoms with Gasteiger partial charge in [0.2, 0.25) is 10.0 Å². The zero-order valence-corrected chi connectivity index (χ0v) is 11.6. The molecule has 0 fully saturated rings. The molecular weight excluding hydrogens is 328 g/mol. The van der Waals surface area contributed by atoms with Crippen LogP contribution in [0.5, 0.6) is 0 Å². The summed E-state index contributed by atoms with van der Waals surface area (Å²) < 4.78 is 21.8. The number of sulfonamides is 1. The number of nitrogens with two attached hydrogens (primary N) is 1. The van der Waals surface area contributed by atoms with Gasteiger partial charge in [-0.05, 0) is 22.4 Å². The highest BCUT2D eigenvalue weighted by Crippen LogP contribution is 2.24. The van der Waals surface area contributed by atoms with Crippen LogP contribution < -0.4 is 10.5 Å². The van der Waals surface area contributed by atoms with Gasteiger partial charge < -0.3 is 5.32 Å². The summed E-state index contributed by atoms with van der Waals surface area (Å²) in [6, 6.07) is 1.31. The van der Waals surface area contributed by atoms with Gasteiger partial charge in [-0.25, -0.2) is 18.5 Å². The van der Waals surface area contributed by atoms with Crippen molar-refractivity contribution in [2.24, 2.45) is 5.14 Å². The number of nitro groups is 1. The maximum Gasteiger partial charge on any atom is 0.288 e. The zero-order chi connectivity index (χ0) is 13.8. The number of halogens is 1. The van der Waals surface area contributed by atoms with E-state index in [2.05, 4.69) is 26.2 Å². The Morgan fingerprint density at radius 3 is 2.72 bits per heavy atom. The summed E-state index contributed by atoms with van der Waals surface area (Å²) in [6.07, 6.45) is 1.44. The minimum atomic E-state index is -3.47. The monoisotopic (exact) mass is 338 g/mol. The third-order valence-corrected chi connectivity index (χ3v) is 3.40. The summed E-state index contributed by atoms with van der Waals surface area (Å²) in [7, 11) is -3.47. The number of hydrogen-bond acceptors (Lipinski definition) is 6. The van der Waals surface area contributed by atoms with E-state index in [4.69, 9.17) is 5.14 Å². The Balaban J connectivity index is 2.56. The number of nitrogens with one attached hydrogen (secondary N) is 1. The summed E-state index contributed by atoms with van der Waals surface area (Å²) in [4.78, 5) is 13.8. The molecule has 0 bridgehead atoms. The molecule has 10 heteroatoms. The molecule has 0 saturated carbocycles. The number of rotatable bonds is 6. The zero-order valence-electron chi connectivity index (χ0n) is 9.17. The van der Waals surface area contributed by atoms with Crippen molar-refractivity contribution >= 4 is 37.5 Å². The van der Waals surface area contributed by atoms with Crippen LogP contribution in [0.1, 0.15) is 6.42 Å². The van der Waals surface area contributed by atoms with Crippen molar-refractivity contribution in [1.29, 1.82) is 0 Å². The van der Waals surface area contributed by atoms with Crippen molar-refractivity contribution in [3.05, 3.63) is 26.9 Å². The first-order valence-electron chi connectivity index (χ1n) is 4.84. The Morgan fingerprint density at radius 1 is 1.56 bits per heavy atom. The molecule has 0 spiro atoms. The molecule has 1 aromatic rings. The van der Waals surface area contributed by atoms with Crippen molar-refractivity contribution in [2.45, 2.75) is 6.42 Å². The quantitative estimate of drug-likeness (QED) is 0.449. The standard InChI is InChI=1S/C8H11BrN4O4S/c9-7-4-6(13(14)15)5-12-8(7)11-2-1-3-18(10,16)17/h4-5H,1-3H2,(H,11,12)(H2,10,16,17). The maximum absolute atomic E-state index is 10.7. The van der Waals surface area contributed by atoms with E-state index >= 15 is 0 Å². The molecule has 1 rings (SSSR count). The maximum atomic E-state index is 10.7. The second-order valence-corrected chi connectivity index (χ2v) is 6.02. The third kappa shape index (κ3) is 4.94. The fraction of sp³-hybridized carbons (Fsp3) is 0.375. The van der Waals surface area contributed by atoms with Crippen LogP contribution in [0.15, 0.2) is 16.7 Å². The van der Waals surface area contributed by atoms with Gasteiger partial charge in [0.05, 0.1) is 15.1 Å². The van der Waals surface area contributed by atoms with Crippen LogP contribution in [0, 0.1) is 10.1 Å². The number of primary sulfonamides is 1. The number of anilines is 1. The highest BCUT2D eigenvalue weighted by atomic mass is 79.9. The fourth-order valence-electron chi connectivity index (χ4n) is 1.14. The molecule has 0 amide bonds. The normalized spacial score (nSPS) is 11.2. The van der Waals surface area contributed by atoms with Gasteiger partial charge in [0.1, 0.15) is 12.0 Å². The van der Waals surface area contributed by atoms with Gasteiger partial charge in [0, 0.05) is 12.6 Å². The topological polar surface area (TPSA) is 128 Å². The Bertz CT molecular complexity index is 548. The molecule has 100 valence electrons.